The van der Waals surface area contributed by atoms with Crippen molar-refractivity contribution in [3.8, 4) is 5.75 Å². The molecule has 1 aliphatic rings. The van der Waals surface area contributed by atoms with Gasteiger partial charge in [0, 0.05) is 37.4 Å². The van der Waals surface area contributed by atoms with E-state index in [-0.39, 0.29) is 19.0 Å². The monoisotopic (exact) mass is 387 g/mol. The first-order valence-electron chi connectivity index (χ1n) is 9.39. The minimum absolute atomic E-state index is 0.101. The molecule has 1 saturated heterocycles. The van der Waals surface area contributed by atoms with Crippen LogP contribution in [0.5, 0.6) is 5.75 Å². The Balaban J connectivity index is 1.64. The number of nitrogens with zero attached hydrogens (tertiary/aromatic N) is 2. The summed E-state index contributed by atoms with van der Waals surface area (Å²) in [7, 11) is 1.51. The van der Waals surface area contributed by atoms with E-state index in [1.807, 2.05) is 25.1 Å². The summed E-state index contributed by atoms with van der Waals surface area (Å²) < 4.78 is 19.3. The Morgan fingerprint density at radius 1 is 1.36 bits per heavy atom. The number of ether oxygens (including phenoxy) is 1. The minimum Gasteiger partial charge on any atom is -0.497 e. The Bertz CT molecular complexity index is 845. The van der Waals surface area contributed by atoms with Crippen LogP contribution in [-0.4, -0.2) is 46.7 Å². The summed E-state index contributed by atoms with van der Waals surface area (Å²) in [5.74, 6) is -0.250. The Kier molecular flexibility index (Phi) is 6.26. The molecule has 0 spiro atoms. The minimum atomic E-state index is -1.50. The van der Waals surface area contributed by atoms with Crippen LogP contribution in [-0.2, 0) is 17.9 Å². The van der Waals surface area contributed by atoms with E-state index >= 15 is 0 Å². The van der Waals surface area contributed by atoms with Crippen LogP contribution in [0.4, 0.5) is 4.39 Å². The lowest BCUT2D eigenvalue weighted by Gasteiger charge is -2.38. The third kappa shape index (κ3) is 4.66. The topological polar surface area (TPSA) is 74.7 Å². The van der Waals surface area contributed by atoms with Crippen molar-refractivity contribution in [2.45, 2.75) is 38.5 Å². The Hall–Kier alpha value is -2.51. The molecule has 1 aromatic heterocycles. The van der Waals surface area contributed by atoms with Crippen molar-refractivity contribution in [3.63, 3.8) is 0 Å². The highest BCUT2D eigenvalue weighted by Crippen LogP contribution is 2.25. The molecule has 6 nitrogen and oxygen atoms in total. The second kappa shape index (κ2) is 8.67. The summed E-state index contributed by atoms with van der Waals surface area (Å²) in [5.41, 5.74) is 0.631. The third-order valence-electron chi connectivity index (χ3n) is 4.99. The normalized spacial score (nSPS) is 19.7. The number of hydrogen-bond donors (Lipinski definition) is 2. The Morgan fingerprint density at radius 2 is 2.18 bits per heavy atom. The molecule has 150 valence electrons. The van der Waals surface area contributed by atoms with Gasteiger partial charge in [-0.05, 0) is 50.1 Å². The summed E-state index contributed by atoms with van der Waals surface area (Å²) >= 11 is 0. The van der Waals surface area contributed by atoms with E-state index in [1.165, 1.54) is 24.1 Å². The number of aliphatic hydroxyl groups is 1. The summed E-state index contributed by atoms with van der Waals surface area (Å²) in [6.45, 7) is 3.08. The fraction of sp³-hybridized carbons (Fsp3) is 0.429. The van der Waals surface area contributed by atoms with E-state index in [4.69, 9.17) is 4.74 Å². The Labute approximate surface area is 164 Å². The van der Waals surface area contributed by atoms with Crippen LogP contribution in [0.1, 0.15) is 29.8 Å². The van der Waals surface area contributed by atoms with Crippen molar-refractivity contribution in [2.24, 2.45) is 0 Å². The van der Waals surface area contributed by atoms with Gasteiger partial charge in [0.1, 0.15) is 11.6 Å². The van der Waals surface area contributed by atoms with Crippen molar-refractivity contribution in [3.05, 3.63) is 59.2 Å². The standard InChI is InChI=1S/C21H26FN3O3/c1-15-5-3-6-17(24-15)12-23-14-21(27)9-4-10-25(20(21)26)13-16-11-18(28-2)7-8-19(16)22/h3,5-8,11,23,27H,4,9-10,12-14H2,1-2H3/t21-/m1/s1. The molecule has 7 heteroatoms. The average molecular weight is 387 g/mol. The zero-order valence-corrected chi connectivity index (χ0v) is 16.2. The first-order chi connectivity index (χ1) is 13.4. The smallest absolute Gasteiger partial charge is 0.256 e. The van der Waals surface area contributed by atoms with E-state index in [9.17, 15) is 14.3 Å². The van der Waals surface area contributed by atoms with Crippen LogP contribution in [0.15, 0.2) is 36.4 Å². The molecule has 0 unspecified atom stereocenters. The van der Waals surface area contributed by atoms with Gasteiger partial charge < -0.3 is 20.1 Å². The summed E-state index contributed by atoms with van der Waals surface area (Å²) in [6.07, 6.45) is 1.02. The molecule has 0 aliphatic carbocycles. The number of nitrogens with one attached hydrogen (secondary N) is 1. The van der Waals surface area contributed by atoms with Gasteiger partial charge in [-0.1, -0.05) is 6.07 Å². The fourth-order valence-electron chi connectivity index (χ4n) is 3.48. The van der Waals surface area contributed by atoms with Crippen LogP contribution in [0, 0.1) is 12.7 Å². The van der Waals surface area contributed by atoms with Crippen LogP contribution in [0.2, 0.25) is 0 Å². The van der Waals surface area contributed by atoms with Gasteiger partial charge in [-0.2, -0.15) is 0 Å². The predicted octanol–water partition coefficient (Wildman–Crippen LogP) is 2.18. The van der Waals surface area contributed by atoms with E-state index in [0.29, 0.717) is 37.2 Å². The maximum absolute atomic E-state index is 14.1. The van der Waals surface area contributed by atoms with Crippen LogP contribution < -0.4 is 10.1 Å². The highest BCUT2D eigenvalue weighted by Gasteiger charge is 2.41. The van der Waals surface area contributed by atoms with E-state index in [2.05, 4.69) is 10.3 Å². The summed E-state index contributed by atoms with van der Waals surface area (Å²) in [5, 5.41) is 14.0. The number of pyridine rings is 1. The van der Waals surface area contributed by atoms with Crippen molar-refractivity contribution in [1.29, 1.82) is 0 Å². The predicted molar refractivity (Wildman–Crippen MR) is 103 cm³/mol. The highest BCUT2D eigenvalue weighted by atomic mass is 19.1. The molecule has 0 radical (unpaired) electrons. The number of carbonyl (C=O) groups is 1. The molecule has 2 aromatic rings. The van der Waals surface area contributed by atoms with Crippen LogP contribution >= 0.6 is 0 Å². The molecular formula is C21H26FN3O3. The van der Waals surface area contributed by atoms with Gasteiger partial charge in [0.25, 0.3) is 5.91 Å². The molecule has 28 heavy (non-hydrogen) atoms. The van der Waals surface area contributed by atoms with E-state index < -0.39 is 11.4 Å². The molecule has 1 fully saturated rings. The van der Waals surface area contributed by atoms with Gasteiger partial charge in [-0.15, -0.1) is 0 Å². The van der Waals surface area contributed by atoms with Crippen LogP contribution in [0.25, 0.3) is 0 Å². The number of aryl methyl sites for hydroxylation is 1. The molecule has 0 saturated carbocycles. The number of aromatic nitrogens is 1. The van der Waals surface area contributed by atoms with Gasteiger partial charge in [0.05, 0.1) is 12.8 Å². The largest absolute Gasteiger partial charge is 0.497 e. The zero-order valence-electron chi connectivity index (χ0n) is 16.2. The van der Waals surface area contributed by atoms with Gasteiger partial charge >= 0.3 is 0 Å². The molecular weight excluding hydrogens is 361 g/mol. The van der Waals surface area contributed by atoms with E-state index in [1.54, 1.807) is 6.07 Å². The Morgan fingerprint density at radius 3 is 2.93 bits per heavy atom. The first kappa shape index (κ1) is 20.2. The quantitative estimate of drug-likeness (QED) is 0.762. The van der Waals surface area contributed by atoms with Crippen LogP contribution in [0.3, 0.4) is 0 Å². The lowest BCUT2D eigenvalue weighted by molar-refractivity contribution is -0.157. The second-order valence-corrected chi connectivity index (χ2v) is 7.19. The second-order valence-electron chi connectivity index (χ2n) is 7.19. The zero-order chi connectivity index (χ0) is 20.1. The number of likely N-dealkylation sites (tertiary alicyclic amines) is 1. The molecule has 2 heterocycles. The molecule has 1 aliphatic heterocycles. The van der Waals surface area contributed by atoms with E-state index in [0.717, 1.165) is 11.4 Å². The van der Waals surface area contributed by atoms with Crippen molar-refractivity contribution in [1.82, 2.24) is 15.2 Å². The number of piperidine rings is 1. The average Bonchev–Trinajstić information content (AvgIpc) is 2.67. The number of halogens is 1. The van der Waals surface area contributed by atoms with Gasteiger partial charge in [0.15, 0.2) is 5.60 Å². The van der Waals surface area contributed by atoms with Gasteiger partial charge in [-0.3, -0.25) is 9.78 Å². The molecule has 1 aromatic carbocycles. The summed E-state index contributed by atoms with van der Waals surface area (Å²) in [4.78, 5) is 18.8. The summed E-state index contributed by atoms with van der Waals surface area (Å²) in [6, 6.07) is 10.2. The molecule has 2 N–H and O–H groups in total. The lowest BCUT2D eigenvalue weighted by Crippen LogP contribution is -2.57. The lowest BCUT2D eigenvalue weighted by atomic mass is 9.91. The van der Waals surface area contributed by atoms with Crippen molar-refractivity contribution < 1.29 is 19.0 Å². The van der Waals surface area contributed by atoms with Crippen molar-refractivity contribution >= 4 is 5.91 Å². The number of benzene rings is 1. The third-order valence-corrected chi connectivity index (χ3v) is 4.99. The van der Waals surface area contributed by atoms with Gasteiger partial charge in [0.2, 0.25) is 0 Å². The molecule has 1 atom stereocenters. The maximum Gasteiger partial charge on any atom is 0.256 e. The molecule has 1 amide bonds. The maximum atomic E-state index is 14.1. The fourth-order valence-corrected chi connectivity index (χ4v) is 3.48. The number of carbonyl (C=O) groups excluding carboxylic acids is 1. The number of rotatable bonds is 7. The number of methoxy groups -OCH3 is 1. The number of hydrogen-bond acceptors (Lipinski definition) is 5. The number of amides is 1. The SMILES string of the molecule is COc1ccc(F)c(CN2CCC[C@@](O)(CNCc3cccc(C)n3)C2=O)c1. The molecule has 0 bridgehead atoms. The highest BCUT2D eigenvalue weighted by molar-refractivity contribution is 5.86. The molecule has 3 rings (SSSR count). The first-order valence-corrected chi connectivity index (χ1v) is 9.39. The van der Waals surface area contributed by atoms with Gasteiger partial charge in [-0.25, -0.2) is 4.39 Å². The van der Waals surface area contributed by atoms with Crippen molar-refractivity contribution in [2.75, 3.05) is 20.2 Å².